The lowest BCUT2D eigenvalue weighted by molar-refractivity contribution is -0.124. The van der Waals surface area contributed by atoms with Crippen molar-refractivity contribution < 1.29 is 9.53 Å². The molecule has 1 aliphatic rings. The summed E-state index contributed by atoms with van der Waals surface area (Å²) >= 11 is 0. The first-order valence-corrected chi connectivity index (χ1v) is 5.87. The number of rotatable bonds is 5. The molecular formula is C11H22N2O2. The zero-order valence-electron chi connectivity index (χ0n) is 9.79. The van der Waals surface area contributed by atoms with Crippen LogP contribution in [0.4, 0.5) is 0 Å². The fourth-order valence-electron chi connectivity index (χ4n) is 1.69. The second kappa shape index (κ2) is 6.80. The average Bonchev–Trinajstić information content (AvgIpc) is 2.26. The first-order chi connectivity index (χ1) is 7.26. The minimum Gasteiger partial charge on any atom is -0.376 e. The first kappa shape index (κ1) is 12.5. The summed E-state index contributed by atoms with van der Waals surface area (Å²) in [7, 11) is 0. The molecule has 1 saturated heterocycles. The number of hydrogen-bond donors (Lipinski definition) is 1. The quantitative estimate of drug-likeness (QED) is 0.729. The Bertz CT molecular complexity index is 197. The van der Waals surface area contributed by atoms with Gasteiger partial charge in [0.2, 0.25) is 5.91 Å². The van der Waals surface area contributed by atoms with E-state index >= 15 is 0 Å². The smallest absolute Gasteiger partial charge is 0.234 e. The summed E-state index contributed by atoms with van der Waals surface area (Å²) in [5, 5.41) is 2.89. The van der Waals surface area contributed by atoms with Crippen molar-refractivity contribution in [2.24, 2.45) is 0 Å². The Morgan fingerprint density at radius 1 is 1.53 bits per heavy atom. The number of morpholine rings is 1. The molecule has 0 radical (unpaired) electrons. The molecule has 88 valence electrons. The molecule has 1 amide bonds. The SMILES string of the molecule is CCCNC(=O)CN1CCOC(CC)C1. The number of carbonyl (C=O) groups is 1. The maximum absolute atomic E-state index is 11.5. The van der Waals surface area contributed by atoms with Crippen LogP contribution in [0.3, 0.4) is 0 Å². The van der Waals surface area contributed by atoms with E-state index < -0.39 is 0 Å². The average molecular weight is 214 g/mol. The fraction of sp³-hybridized carbons (Fsp3) is 0.909. The minimum atomic E-state index is 0.133. The van der Waals surface area contributed by atoms with E-state index in [1.54, 1.807) is 0 Å². The number of amides is 1. The number of nitrogens with zero attached hydrogens (tertiary/aromatic N) is 1. The van der Waals surface area contributed by atoms with Gasteiger partial charge < -0.3 is 10.1 Å². The highest BCUT2D eigenvalue weighted by Gasteiger charge is 2.20. The summed E-state index contributed by atoms with van der Waals surface area (Å²) in [6, 6.07) is 0. The van der Waals surface area contributed by atoms with Crippen molar-refractivity contribution in [3.05, 3.63) is 0 Å². The summed E-state index contributed by atoms with van der Waals surface area (Å²) in [5.41, 5.74) is 0. The lowest BCUT2D eigenvalue weighted by Crippen LogP contribution is -2.46. The highest BCUT2D eigenvalue weighted by molar-refractivity contribution is 5.77. The largest absolute Gasteiger partial charge is 0.376 e. The van der Waals surface area contributed by atoms with E-state index in [2.05, 4.69) is 24.1 Å². The third kappa shape index (κ3) is 4.62. The lowest BCUT2D eigenvalue weighted by Gasteiger charge is -2.31. The van der Waals surface area contributed by atoms with Crippen LogP contribution in [0.5, 0.6) is 0 Å². The van der Waals surface area contributed by atoms with Gasteiger partial charge in [-0.05, 0) is 12.8 Å². The van der Waals surface area contributed by atoms with Gasteiger partial charge in [0.25, 0.3) is 0 Å². The van der Waals surface area contributed by atoms with Gasteiger partial charge in [0.15, 0.2) is 0 Å². The van der Waals surface area contributed by atoms with Crippen LogP contribution >= 0.6 is 0 Å². The Kier molecular flexibility index (Phi) is 5.65. The molecule has 4 heteroatoms. The van der Waals surface area contributed by atoms with Gasteiger partial charge in [-0.3, -0.25) is 9.69 Å². The molecular weight excluding hydrogens is 192 g/mol. The van der Waals surface area contributed by atoms with Gasteiger partial charge in [-0.15, -0.1) is 0 Å². The predicted molar refractivity (Wildman–Crippen MR) is 59.8 cm³/mol. The van der Waals surface area contributed by atoms with E-state index in [0.29, 0.717) is 12.6 Å². The molecule has 1 aliphatic heterocycles. The molecule has 0 saturated carbocycles. The van der Waals surface area contributed by atoms with E-state index in [9.17, 15) is 4.79 Å². The van der Waals surface area contributed by atoms with Crippen LogP contribution in [-0.4, -0.2) is 49.7 Å². The standard InChI is InChI=1S/C11H22N2O2/c1-3-5-12-11(14)9-13-6-7-15-10(4-2)8-13/h10H,3-9H2,1-2H3,(H,12,14). The van der Waals surface area contributed by atoms with Gasteiger partial charge in [-0.1, -0.05) is 13.8 Å². The van der Waals surface area contributed by atoms with Gasteiger partial charge in [-0.25, -0.2) is 0 Å². The molecule has 0 spiro atoms. The van der Waals surface area contributed by atoms with Gasteiger partial charge in [-0.2, -0.15) is 0 Å². The van der Waals surface area contributed by atoms with Crippen molar-refractivity contribution in [2.75, 3.05) is 32.8 Å². The zero-order valence-corrected chi connectivity index (χ0v) is 9.79. The van der Waals surface area contributed by atoms with Crippen molar-refractivity contribution in [1.82, 2.24) is 10.2 Å². The Morgan fingerprint density at radius 3 is 3.00 bits per heavy atom. The van der Waals surface area contributed by atoms with E-state index in [4.69, 9.17) is 4.74 Å². The molecule has 0 aliphatic carbocycles. The molecule has 1 fully saturated rings. The predicted octanol–water partition coefficient (Wildman–Crippen LogP) is 0.623. The lowest BCUT2D eigenvalue weighted by atomic mass is 10.2. The van der Waals surface area contributed by atoms with Gasteiger partial charge in [0, 0.05) is 19.6 Å². The second-order valence-electron chi connectivity index (χ2n) is 3.99. The second-order valence-corrected chi connectivity index (χ2v) is 3.99. The van der Waals surface area contributed by atoms with Crippen molar-refractivity contribution in [3.63, 3.8) is 0 Å². The number of nitrogens with one attached hydrogen (secondary N) is 1. The van der Waals surface area contributed by atoms with Crippen molar-refractivity contribution in [2.45, 2.75) is 32.8 Å². The van der Waals surface area contributed by atoms with Crippen molar-refractivity contribution >= 4 is 5.91 Å². The summed E-state index contributed by atoms with van der Waals surface area (Å²) < 4.78 is 5.55. The molecule has 1 heterocycles. The van der Waals surface area contributed by atoms with Gasteiger partial charge in [0.1, 0.15) is 0 Å². The van der Waals surface area contributed by atoms with Crippen LogP contribution in [0.25, 0.3) is 0 Å². The summed E-state index contributed by atoms with van der Waals surface area (Å²) in [4.78, 5) is 13.6. The normalized spacial score (nSPS) is 22.7. The maximum atomic E-state index is 11.5. The van der Waals surface area contributed by atoms with Crippen LogP contribution in [0.2, 0.25) is 0 Å². The highest BCUT2D eigenvalue weighted by atomic mass is 16.5. The molecule has 1 rings (SSSR count). The third-order valence-corrected chi connectivity index (χ3v) is 2.62. The summed E-state index contributed by atoms with van der Waals surface area (Å²) in [6.45, 7) is 7.97. The van der Waals surface area contributed by atoms with Crippen molar-refractivity contribution in [1.29, 1.82) is 0 Å². The maximum Gasteiger partial charge on any atom is 0.234 e. The number of hydrogen-bond acceptors (Lipinski definition) is 3. The zero-order chi connectivity index (χ0) is 11.1. The van der Waals surface area contributed by atoms with Gasteiger partial charge >= 0.3 is 0 Å². The van der Waals surface area contributed by atoms with E-state index in [0.717, 1.165) is 39.1 Å². The molecule has 15 heavy (non-hydrogen) atoms. The molecule has 0 aromatic rings. The monoisotopic (exact) mass is 214 g/mol. The Balaban J connectivity index is 2.22. The molecule has 4 nitrogen and oxygen atoms in total. The van der Waals surface area contributed by atoms with Crippen LogP contribution in [0.1, 0.15) is 26.7 Å². The summed E-state index contributed by atoms with van der Waals surface area (Å²) in [6.07, 6.45) is 2.32. The summed E-state index contributed by atoms with van der Waals surface area (Å²) in [5.74, 6) is 0.133. The number of carbonyl (C=O) groups excluding carboxylic acids is 1. The third-order valence-electron chi connectivity index (χ3n) is 2.62. The Morgan fingerprint density at radius 2 is 2.33 bits per heavy atom. The van der Waals surface area contributed by atoms with Gasteiger partial charge in [0.05, 0.1) is 19.3 Å². The molecule has 0 aromatic carbocycles. The van der Waals surface area contributed by atoms with E-state index in [1.807, 2.05) is 0 Å². The van der Waals surface area contributed by atoms with Crippen LogP contribution in [0, 0.1) is 0 Å². The van der Waals surface area contributed by atoms with Crippen LogP contribution in [0.15, 0.2) is 0 Å². The van der Waals surface area contributed by atoms with E-state index in [1.165, 1.54) is 0 Å². The Labute approximate surface area is 92.0 Å². The molecule has 1 N–H and O–H groups in total. The number of ether oxygens (including phenoxy) is 1. The van der Waals surface area contributed by atoms with Crippen molar-refractivity contribution in [3.8, 4) is 0 Å². The molecule has 1 unspecified atom stereocenters. The van der Waals surface area contributed by atoms with Crippen LogP contribution in [-0.2, 0) is 9.53 Å². The highest BCUT2D eigenvalue weighted by Crippen LogP contribution is 2.07. The van der Waals surface area contributed by atoms with Crippen LogP contribution < -0.4 is 5.32 Å². The van der Waals surface area contributed by atoms with E-state index in [-0.39, 0.29) is 5.91 Å². The molecule has 1 atom stereocenters. The first-order valence-electron chi connectivity index (χ1n) is 5.87. The molecule has 0 aromatic heterocycles. The molecule has 0 bridgehead atoms. The minimum absolute atomic E-state index is 0.133. The topological polar surface area (TPSA) is 41.6 Å². The Hall–Kier alpha value is -0.610. The fourth-order valence-corrected chi connectivity index (χ4v) is 1.69.